The minimum atomic E-state index is 0.275. The molecule has 0 aromatic carbocycles. The Morgan fingerprint density at radius 2 is 1.78 bits per heavy atom. The van der Waals surface area contributed by atoms with Crippen molar-refractivity contribution in [3.05, 3.63) is 18.0 Å². The van der Waals surface area contributed by atoms with Gasteiger partial charge in [-0.15, -0.1) is 0 Å². The Kier molecular flexibility index (Phi) is 3.46. The summed E-state index contributed by atoms with van der Waals surface area (Å²) in [6, 6.07) is 0.275. The standard InChI is InChI=1S/C14H22N4/c15-13-6-3-7-18(10-13)14-16-8-12(9-17-14)11-4-1-2-5-11/h8-9,11,13H,1-7,10,15H2. The Morgan fingerprint density at radius 1 is 1.06 bits per heavy atom. The van der Waals surface area contributed by atoms with Gasteiger partial charge in [0.15, 0.2) is 0 Å². The zero-order chi connectivity index (χ0) is 12.4. The van der Waals surface area contributed by atoms with Crippen molar-refractivity contribution in [1.82, 2.24) is 9.97 Å². The molecule has 1 saturated heterocycles. The fourth-order valence-electron chi connectivity index (χ4n) is 3.16. The first-order valence-electron chi connectivity index (χ1n) is 7.15. The number of hydrogen-bond donors (Lipinski definition) is 1. The van der Waals surface area contributed by atoms with Gasteiger partial charge < -0.3 is 10.6 Å². The molecule has 1 aliphatic heterocycles. The van der Waals surface area contributed by atoms with E-state index in [2.05, 4.69) is 14.9 Å². The van der Waals surface area contributed by atoms with Crippen molar-refractivity contribution in [1.29, 1.82) is 0 Å². The van der Waals surface area contributed by atoms with E-state index < -0.39 is 0 Å². The van der Waals surface area contributed by atoms with E-state index in [9.17, 15) is 0 Å². The molecule has 18 heavy (non-hydrogen) atoms. The average molecular weight is 246 g/mol. The summed E-state index contributed by atoms with van der Waals surface area (Å²) in [5, 5.41) is 0. The van der Waals surface area contributed by atoms with Crippen molar-refractivity contribution in [2.45, 2.75) is 50.5 Å². The van der Waals surface area contributed by atoms with Crippen LogP contribution in [0.25, 0.3) is 0 Å². The van der Waals surface area contributed by atoms with E-state index in [-0.39, 0.29) is 6.04 Å². The van der Waals surface area contributed by atoms with E-state index in [0.717, 1.165) is 31.9 Å². The summed E-state index contributed by atoms with van der Waals surface area (Å²) in [4.78, 5) is 11.3. The minimum absolute atomic E-state index is 0.275. The molecule has 0 amide bonds. The summed E-state index contributed by atoms with van der Waals surface area (Å²) >= 11 is 0. The van der Waals surface area contributed by atoms with Gasteiger partial charge in [-0.2, -0.15) is 0 Å². The van der Waals surface area contributed by atoms with Crippen molar-refractivity contribution >= 4 is 5.95 Å². The topological polar surface area (TPSA) is 55.0 Å². The number of hydrogen-bond acceptors (Lipinski definition) is 4. The van der Waals surface area contributed by atoms with Crippen molar-refractivity contribution in [2.24, 2.45) is 5.73 Å². The molecule has 2 N–H and O–H groups in total. The first kappa shape index (κ1) is 11.9. The normalized spacial score (nSPS) is 25.6. The van der Waals surface area contributed by atoms with Crippen LogP contribution in [-0.2, 0) is 0 Å². The summed E-state index contributed by atoms with van der Waals surface area (Å²) in [5.41, 5.74) is 7.31. The van der Waals surface area contributed by atoms with Gasteiger partial charge in [-0.05, 0) is 37.2 Å². The maximum Gasteiger partial charge on any atom is 0.225 e. The van der Waals surface area contributed by atoms with Crippen LogP contribution in [0.15, 0.2) is 12.4 Å². The highest BCUT2D eigenvalue weighted by Gasteiger charge is 2.21. The highest BCUT2D eigenvalue weighted by molar-refractivity contribution is 5.31. The molecule has 2 fully saturated rings. The number of rotatable bonds is 2. The Balaban J connectivity index is 1.70. The first-order valence-corrected chi connectivity index (χ1v) is 7.15. The number of nitrogens with two attached hydrogens (primary N) is 1. The van der Waals surface area contributed by atoms with Crippen LogP contribution in [0.3, 0.4) is 0 Å². The van der Waals surface area contributed by atoms with E-state index >= 15 is 0 Å². The molecular formula is C14H22N4. The highest BCUT2D eigenvalue weighted by atomic mass is 15.3. The Bertz CT molecular complexity index is 383. The predicted molar refractivity (Wildman–Crippen MR) is 72.7 cm³/mol. The second kappa shape index (κ2) is 5.22. The van der Waals surface area contributed by atoms with E-state index in [1.165, 1.54) is 31.2 Å². The fraction of sp³-hybridized carbons (Fsp3) is 0.714. The lowest BCUT2D eigenvalue weighted by Gasteiger charge is -2.30. The first-order chi connectivity index (χ1) is 8.83. The smallest absolute Gasteiger partial charge is 0.225 e. The molecule has 1 saturated carbocycles. The van der Waals surface area contributed by atoms with Crippen LogP contribution in [0.1, 0.15) is 50.0 Å². The van der Waals surface area contributed by atoms with Crippen molar-refractivity contribution < 1.29 is 0 Å². The number of nitrogens with zero attached hydrogens (tertiary/aromatic N) is 3. The van der Waals surface area contributed by atoms with Crippen LogP contribution in [-0.4, -0.2) is 29.1 Å². The fourth-order valence-corrected chi connectivity index (χ4v) is 3.16. The molecular weight excluding hydrogens is 224 g/mol. The largest absolute Gasteiger partial charge is 0.339 e. The van der Waals surface area contributed by atoms with Gasteiger partial charge in [-0.25, -0.2) is 9.97 Å². The third-order valence-corrected chi connectivity index (χ3v) is 4.23. The van der Waals surface area contributed by atoms with Crippen LogP contribution in [0.5, 0.6) is 0 Å². The summed E-state index contributed by atoms with van der Waals surface area (Å²) in [7, 11) is 0. The summed E-state index contributed by atoms with van der Waals surface area (Å²) in [5.74, 6) is 1.55. The van der Waals surface area contributed by atoms with Gasteiger partial charge in [0.1, 0.15) is 0 Å². The lowest BCUT2D eigenvalue weighted by atomic mass is 10.0. The molecule has 98 valence electrons. The molecule has 2 aliphatic rings. The molecule has 1 aromatic heterocycles. The van der Waals surface area contributed by atoms with Gasteiger partial charge in [0.2, 0.25) is 5.95 Å². The molecule has 2 heterocycles. The van der Waals surface area contributed by atoms with Gasteiger partial charge in [-0.3, -0.25) is 0 Å². The van der Waals surface area contributed by atoms with Crippen LogP contribution in [0.4, 0.5) is 5.95 Å². The van der Waals surface area contributed by atoms with Crippen LogP contribution < -0.4 is 10.6 Å². The van der Waals surface area contributed by atoms with Gasteiger partial charge in [-0.1, -0.05) is 12.8 Å². The maximum atomic E-state index is 5.99. The molecule has 1 unspecified atom stereocenters. The Hall–Kier alpha value is -1.16. The molecule has 4 heteroatoms. The molecule has 1 aliphatic carbocycles. The number of piperidine rings is 1. The van der Waals surface area contributed by atoms with E-state index in [0.29, 0.717) is 5.92 Å². The highest BCUT2D eigenvalue weighted by Crippen LogP contribution is 2.33. The molecule has 4 nitrogen and oxygen atoms in total. The Morgan fingerprint density at radius 3 is 2.44 bits per heavy atom. The number of aromatic nitrogens is 2. The van der Waals surface area contributed by atoms with Gasteiger partial charge >= 0.3 is 0 Å². The minimum Gasteiger partial charge on any atom is -0.339 e. The molecule has 0 bridgehead atoms. The van der Waals surface area contributed by atoms with Gasteiger partial charge in [0.25, 0.3) is 0 Å². The second-order valence-corrected chi connectivity index (χ2v) is 5.65. The molecule has 3 rings (SSSR count). The molecule has 0 spiro atoms. The SMILES string of the molecule is NC1CCCN(c2ncc(C3CCCC3)cn2)C1. The lowest BCUT2D eigenvalue weighted by molar-refractivity contribution is 0.499. The molecule has 1 atom stereocenters. The van der Waals surface area contributed by atoms with Crippen LogP contribution >= 0.6 is 0 Å². The monoisotopic (exact) mass is 246 g/mol. The third-order valence-electron chi connectivity index (χ3n) is 4.23. The average Bonchev–Trinajstić information content (AvgIpc) is 2.93. The molecule has 0 radical (unpaired) electrons. The summed E-state index contributed by atoms with van der Waals surface area (Å²) in [6.45, 7) is 1.93. The summed E-state index contributed by atoms with van der Waals surface area (Å²) < 4.78 is 0. The van der Waals surface area contributed by atoms with Crippen LogP contribution in [0.2, 0.25) is 0 Å². The van der Waals surface area contributed by atoms with E-state index in [1.54, 1.807) is 0 Å². The maximum absolute atomic E-state index is 5.99. The van der Waals surface area contributed by atoms with Crippen LogP contribution in [0, 0.1) is 0 Å². The van der Waals surface area contributed by atoms with E-state index in [4.69, 9.17) is 5.73 Å². The lowest BCUT2D eigenvalue weighted by Crippen LogP contribution is -2.43. The quantitative estimate of drug-likeness (QED) is 0.868. The molecule has 1 aromatic rings. The third kappa shape index (κ3) is 2.48. The van der Waals surface area contributed by atoms with Crippen molar-refractivity contribution in [3.63, 3.8) is 0 Å². The zero-order valence-corrected chi connectivity index (χ0v) is 10.9. The Labute approximate surface area is 109 Å². The predicted octanol–water partition coefficient (Wildman–Crippen LogP) is 2.06. The van der Waals surface area contributed by atoms with Crippen molar-refractivity contribution in [3.8, 4) is 0 Å². The van der Waals surface area contributed by atoms with Crippen molar-refractivity contribution in [2.75, 3.05) is 18.0 Å². The number of anilines is 1. The van der Waals surface area contributed by atoms with E-state index in [1.807, 2.05) is 12.4 Å². The van der Waals surface area contributed by atoms with Gasteiger partial charge in [0, 0.05) is 31.5 Å². The van der Waals surface area contributed by atoms with Gasteiger partial charge in [0.05, 0.1) is 0 Å². The zero-order valence-electron chi connectivity index (χ0n) is 10.9. The summed E-state index contributed by atoms with van der Waals surface area (Å²) in [6.07, 6.45) is 11.6. The second-order valence-electron chi connectivity index (χ2n) is 5.65.